The van der Waals surface area contributed by atoms with Gasteiger partial charge in [0.1, 0.15) is 4.99 Å². The third kappa shape index (κ3) is 3.53. The third-order valence-electron chi connectivity index (χ3n) is 2.49. The van der Waals surface area contributed by atoms with Crippen molar-refractivity contribution < 1.29 is 0 Å². The number of imidazole rings is 1. The van der Waals surface area contributed by atoms with Crippen molar-refractivity contribution in [1.29, 1.82) is 0 Å². The minimum absolute atomic E-state index is 0.317. The maximum absolute atomic E-state index is 5.53. The van der Waals surface area contributed by atoms with Gasteiger partial charge in [0.15, 0.2) is 0 Å². The summed E-state index contributed by atoms with van der Waals surface area (Å²) in [6, 6.07) is 3.76. The van der Waals surface area contributed by atoms with Gasteiger partial charge in [0, 0.05) is 37.4 Å². The van der Waals surface area contributed by atoms with E-state index < -0.39 is 0 Å². The lowest BCUT2D eigenvalue weighted by molar-refractivity contribution is 0.661. The molecule has 0 fully saturated rings. The van der Waals surface area contributed by atoms with E-state index in [9.17, 15) is 0 Å². The molecule has 0 aliphatic rings. The van der Waals surface area contributed by atoms with E-state index in [-0.39, 0.29) is 0 Å². The van der Waals surface area contributed by atoms with Gasteiger partial charge in [0.25, 0.3) is 0 Å². The van der Waals surface area contributed by atoms with Crippen LogP contribution < -0.4 is 11.1 Å². The molecular formula is C12H15N5S. The standard InChI is InChI=1S/C12H15N5S/c13-12(18)11-8-10(2-4-16-11)15-3-1-6-17-7-5-14-9-17/h2,4-5,7-9H,1,3,6H2,(H2,13,18)(H,15,16). The van der Waals surface area contributed by atoms with Gasteiger partial charge in [-0.15, -0.1) is 0 Å². The molecule has 0 radical (unpaired) electrons. The molecule has 0 amide bonds. The summed E-state index contributed by atoms with van der Waals surface area (Å²) in [5.41, 5.74) is 7.16. The quantitative estimate of drug-likeness (QED) is 0.608. The lowest BCUT2D eigenvalue weighted by atomic mass is 10.3. The highest BCUT2D eigenvalue weighted by Gasteiger charge is 1.99. The van der Waals surface area contributed by atoms with Gasteiger partial charge in [0.05, 0.1) is 12.0 Å². The molecule has 0 bridgehead atoms. The molecule has 2 rings (SSSR count). The van der Waals surface area contributed by atoms with Crippen molar-refractivity contribution in [3.63, 3.8) is 0 Å². The maximum Gasteiger partial charge on any atom is 0.122 e. The molecule has 0 saturated heterocycles. The molecule has 5 nitrogen and oxygen atoms in total. The van der Waals surface area contributed by atoms with E-state index in [1.807, 2.05) is 24.7 Å². The molecule has 0 saturated carbocycles. The first-order valence-corrected chi connectivity index (χ1v) is 6.12. The predicted molar refractivity (Wildman–Crippen MR) is 75.5 cm³/mol. The monoisotopic (exact) mass is 261 g/mol. The third-order valence-corrected chi connectivity index (χ3v) is 2.70. The van der Waals surface area contributed by atoms with Crippen LogP contribution in [0.25, 0.3) is 0 Å². The number of anilines is 1. The second kappa shape index (κ2) is 6.11. The summed E-state index contributed by atoms with van der Waals surface area (Å²) < 4.78 is 2.05. The Morgan fingerprint density at radius 3 is 3.06 bits per heavy atom. The summed E-state index contributed by atoms with van der Waals surface area (Å²) >= 11 is 4.89. The molecule has 18 heavy (non-hydrogen) atoms. The average Bonchev–Trinajstić information content (AvgIpc) is 2.88. The number of aromatic nitrogens is 3. The van der Waals surface area contributed by atoms with E-state index >= 15 is 0 Å². The number of pyridine rings is 1. The first kappa shape index (κ1) is 12.5. The van der Waals surface area contributed by atoms with Crippen molar-refractivity contribution in [2.75, 3.05) is 11.9 Å². The fraction of sp³-hybridized carbons (Fsp3) is 0.250. The van der Waals surface area contributed by atoms with E-state index in [0.29, 0.717) is 10.7 Å². The Morgan fingerprint density at radius 2 is 2.33 bits per heavy atom. The van der Waals surface area contributed by atoms with Crippen LogP contribution in [-0.2, 0) is 6.54 Å². The van der Waals surface area contributed by atoms with E-state index in [2.05, 4.69) is 19.9 Å². The molecule has 0 atom stereocenters. The zero-order valence-corrected chi connectivity index (χ0v) is 10.7. The van der Waals surface area contributed by atoms with Gasteiger partial charge in [-0.3, -0.25) is 4.98 Å². The molecule has 2 aromatic rings. The highest BCUT2D eigenvalue weighted by molar-refractivity contribution is 7.80. The van der Waals surface area contributed by atoms with Crippen LogP contribution in [-0.4, -0.2) is 26.1 Å². The lowest BCUT2D eigenvalue weighted by Gasteiger charge is -2.07. The summed E-state index contributed by atoms with van der Waals surface area (Å²) in [6.07, 6.45) is 8.27. The Balaban J connectivity index is 1.79. The molecule has 0 unspecified atom stereocenters. The molecule has 0 aliphatic heterocycles. The van der Waals surface area contributed by atoms with E-state index in [1.165, 1.54) is 0 Å². The first-order valence-electron chi connectivity index (χ1n) is 5.71. The van der Waals surface area contributed by atoms with Gasteiger partial charge in [-0.05, 0) is 18.6 Å². The van der Waals surface area contributed by atoms with Crippen molar-refractivity contribution in [1.82, 2.24) is 14.5 Å². The fourth-order valence-electron chi connectivity index (χ4n) is 1.59. The summed E-state index contributed by atoms with van der Waals surface area (Å²) in [4.78, 5) is 8.40. The minimum Gasteiger partial charge on any atom is -0.388 e. The highest BCUT2D eigenvalue weighted by atomic mass is 32.1. The molecular weight excluding hydrogens is 246 g/mol. The van der Waals surface area contributed by atoms with E-state index in [1.54, 1.807) is 12.4 Å². The van der Waals surface area contributed by atoms with Gasteiger partial charge >= 0.3 is 0 Å². The zero-order valence-electron chi connectivity index (χ0n) is 9.91. The molecule has 2 aromatic heterocycles. The summed E-state index contributed by atoms with van der Waals surface area (Å²) in [5, 5.41) is 3.31. The Bertz CT molecular complexity index is 509. The first-order chi connectivity index (χ1) is 8.75. The number of thiocarbonyl (C=S) groups is 1. The number of nitrogens with zero attached hydrogens (tertiary/aromatic N) is 3. The van der Waals surface area contributed by atoms with Gasteiger partial charge < -0.3 is 15.6 Å². The Hall–Kier alpha value is -1.95. The van der Waals surface area contributed by atoms with Crippen molar-refractivity contribution in [2.45, 2.75) is 13.0 Å². The maximum atomic E-state index is 5.53. The molecule has 0 aliphatic carbocycles. The van der Waals surface area contributed by atoms with Gasteiger partial charge in [-0.25, -0.2) is 4.98 Å². The SMILES string of the molecule is NC(=S)c1cc(NCCCn2ccnc2)ccn1. The van der Waals surface area contributed by atoms with Crippen molar-refractivity contribution in [2.24, 2.45) is 5.73 Å². The lowest BCUT2D eigenvalue weighted by Crippen LogP contribution is -2.12. The average molecular weight is 261 g/mol. The summed E-state index contributed by atoms with van der Waals surface area (Å²) in [5.74, 6) is 0. The summed E-state index contributed by atoms with van der Waals surface area (Å²) in [7, 11) is 0. The number of hydrogen-bond donors (Lipinski definition) is 2. The predicted octanol–water partition coefficient (Wildman–Crippen LogP) is 1.41. The largest absolute Gasteiger partial charge is 0.388 e. The van der Waals surface area contributed by atoms with Gasteiger partial charge in [-0.1, -0.05) is 12.2 Å². The van der Waals surface area contributed by atoms with Crippen LogP contribution in [0.1, 0.15) is 12.1 Å². The van der Waals surface area contributed by atoms with Crippen LogP contribution in [0.3, 0.4) is 0 Å². The molecule has 2 heterocycles. The van der Waals surface area contributed by atoms with E-state index in [4.69, 9.17) is 18.0 Å². The zero-order chi connectivity index (χ0) is 12.8. The smallest absolute Gasteiger partial charge is 0.122 e. The van der Waals surface area contributed by atoms with Crippen molar-refractivity contribution >= 4 is 22.9 Å². The van der Waals surface area contributed by atoms with Crippen molar-refractivity contribution in [3.05, 3.63) is 42.7 Å². The van der Waals surface area contributed by atoms with Gasteiger partial charge in [0.2, 0.25) is 0 Å². The fourth-order valence-corrected chi connectivity index (χ4v) is 1.70. The molecule has 0 spiro atoms. The number of nitrogens with one attached hydrogen (secondary N) is 1. The van der Waals surface area contributed by atoms with Gasteiger partial charge in [-0.2, -0.15) is 0 Å². The van der Waals surface area contributed by atoms with Crippen LogP contribution in [0, 0.1) is 0 Å². The Labute approximate surface area is 111 Å². The molecule has 3 N–H and O–H groups in total. The number of hydrogen-bond acceptors (Lipinski definition) is 4. The summed E-state index contributed by atoms with van der Waals surface area (Å²) in [6.45, 7) is 1.82. The Kier molecular flexibility index (Phi) is 4.25. The number of aryl methyl sites for hydroxylation is 1. The Morgan fingerprint density at radius 1 is 1.44 bits per heavy atom. The number of rotatable bonds is 6. The van der Waals surface area contributed by atoms with Crippen molar-refractivity contribution in [3.8, 4) is 0 Å². The highest BCUT2D eigenvalue weighted by Crippen LogP contribution is 2.07. The second-order valence-electron chi connectivity index (χ2n) is 3.87. The minimum atomic E-state index is 0.317. The van der Waals surface area contributed by atoms with Crippen LogP contribution >= 0.6 is 12.2 Å². The number of nitrogens with two attached hydrogens (primary N) is 1. The second-order valence-corrected chi connectivity index (χ2v) is 4.31. The van der Waals surface area contributed by atoms with Crippen LogP contribution in [0.2, 0.25) is 0 Å². The van der Waals surface area contributed by atoms with Crippen LogP contribution in [0.5, 0.6) is 0 Å². The molecule has 6 heteroatoms. The van der Waals surface area contributed by atoms with Crippen LogP contribution in [0.15, 0.2) is 37.1 Å². The van der Waals surface area contributed by atoms with E-state index in [0.717, 1.165) is 25.2 Å². The van der Waals surface area contributed by atoms with Crippen LogP contribution in [0.4, 0.5) is 5.69 Å². The normalized spacial score (nSPS) is 10.2. The topological polar surface area (TPSA) is 68.8 Å². The molecule has 0 aromatic carbocycles. The molecule has 94 valence electrons.